The molecule has 0 bridgehead atoms. The number of nitrogens with zero attached hydrogens (tertiary/aromatic N) is 2. The van der Waals surface area contributed by atoms with E-state index in [9.17, 15) is 9.59 Å². The van der Waals surface area contributed by atoms with Crippen molar-refractivity contribution in [1.29, 1.82) is 0 Å². The minimum atomic E-state index is -0.935. The number of thiazole rings is 1. The Morgan fingerprint density at radius 3 is 2.52 bits per heavy atom. The summed E-state index contributed by atoms with van der Waals surface area (Å²) in [4.78, 5) is 31.2. The van der Waals surface area contributed by atoms with Crippen molar-refractivity contribution in [1.82, 2.24) is 4.98 Å². The lowest BCUT2D eigenvalue weighted by Crippen LogP contribution is -2.45. The number of ether oxygens (including phenoxy) is 3. The van der Waals surface area contributed by atoms with Crippen molar-refractivity contribution in [3.8, 4) is 11.5 Å². The second kappa shape index (κ2) is 8.08. The van der Waals surface area contributed by atoms with Crippen LogP contribution in [0, 0.1) is 0 Å². The Balaban J connectivity index is 1.41. The highest BCUT2D eigenvalue weighted by atomic mass is 32.1. The first kappa shape index (κ1) is 19.2. The number of amides is 1. The Hall–Kier alpha value is -3.13. The number of rotatable bonds is 5. The summed E-state index contributed by atoms with van der Waals surface area (Å²) in [7, 11) is 0. The Morgan fingerprint density at radius 1 is 1.10 bits per heavy atom. The number of hydrogen-bond acceptors (Lipinski definition) is 7. The van der Waals surface area contributed by atoms with Crippen LogP contribution in [0.15, 0.2) is 48.5 Å². The van der Waals surface area contributed by atoms with E-state index in [-0.39, 0.29) is 5.91 Å². The molecule has 1 aromatic heterocycles. The molecule has 150 valence electrons. The van der Waals surface area contributed by atoms with E-state index in [0.29, 0.717) is 23.2 Å². The molecule has 0 N–H and O–H groups in total. The lowest BCUT2D eigenvalue weighted by Gasteiger charge is -2.30. The lowest BCUT2D eigenvalue weighted by molar-refractivity contribution is -0.160. The van der Waals surface area contributed by atoms with Crippen LogP contribution in [-0.4, -0.2) is 42.2 Å². The van der Waals surface area contributed by atoms with Gasteiger partial charge in [-0.15, -0.1) is 0 Å². The average Bonchev–Trinajstić information content (AvgIpc) is 3.15. The molecule has 3 aromatic rings. The topological polar surface area (TPSA) is 78.0 Å². The Bertz CT molecular complexity index is 1020. The van der Waals surface area contributed by atoms with Crippen LogP contribution < -0.4 is 14.4 Å². The average molecular weight is 412 g/mol. The first-order valence-corrected chi connectivity index (χ1v) is 10.1. The number of carbonyl (C=O) groups is 2. The van der Waals surface area contributed by atoms with Crippen LogP contribution in [0.2, 0.25) is 0 Å². The molecule has 1 aliphatic heterocycles. The first-order chi connectivity index (χ1) is 14.1. The Morgan fingerprint density at radius 2 is 1.79 bits per heavy atom. The summed E-state index contributed by atoms with van der Waals surface area (Å²) in [5.41, 5.74) is 0.830. The summed E-state index contributed by atoms with van der Waals surface area (Å²) >= 11 is 1.42. The van der Waals surface area contributed by atoms with Gasteiger partial charge in [0.1, 0.15) is 6.10 Å². The molecule has 2 heterocycles. The molecule has 8 heteroatoms. The molecule has 0 radical (unpaired) electrons. The van der Waals surface area contributed by atoms with Crippen molar-refractivity contribution in [3.63, 3.8) is 0 Å². The zero-order valence-electron chi connectivity index (χ0n) is 16.0. The molecule has 1 amide bonds. The van der Waals surface area contributed by atoms with E-state index in [2.05, 4.69) is 4.98 Å². The number of carbonyl (C=O) groups excluding carboxylic acids is 2. The molecular formula is C21H20N2O5S. The fourth-order valence-corrected chi connectivity index (χ4v) is 4.11. The van der Waals surface area contributed by atoms with Crippen molar-refractivity contribution in [2.45, 2.75) is 26.1 Å². The normalized spacial score (nSPS) is 17.7. The molecule has 7 nitrogen and oxygen atoms in total. The van der Waals surface area contributed by atoms with Crippen molar-refractivity contribution >= 4 is 38.6 Å². The number of hydrogen-bond donors (Lipinski definition) is 0. The summed E-state index contributed by atoms with van der Waals surface area (Å²) in [6.45, 7) is 3.60. The van der Waals surface area contributed by atoms with Crippen LogP contribution in [0.3, 0.4) is 0 Å². The van der Waals surface area contributed by atoms with Gasteiger partial charge in [-0.1, -0.05) is 35.6 Å². The largest absolute Gasteiger partial charge is 0.482 e. The second-order valence-corrected chi connectivity index (χ2v) is 7.53. The van der Waals surface area contributed by atoms with E-state index in [1.165, 1.54) is 16.2 Å². The Kier molecular flexibility index (Phi) is 5.35. The summed E-state index contributed by atoms with van der Waals surface area (Å²) in [5, 5.41) is 0.578. The molecule has 4 rings (SSSR count). The van der Waals surface area contributed by atoms with Gasteiger partial charge in [-0.05, 0) is 38.1 Å². The molecule has 0 spiro atoms. The smallest absolute Gasteiger partial charge is 0.351 e. The van der Waals surface area contributed by atoms with Gasteiger partial charge < -0.3 is 14.2 Å². The second-order valence-electron chi connectivity index (χ2n) is 6.52. The van der Waals surface area contributed by atoms with Gasteiger partial charge in [0.05, 0.1) is 10.2 Å². The maximum Gasteiger partial charge on any atom is 0.351 e. The number of fused-ring (bicyclic) bond motifs is 2. The number of benzene rings is 2. The van der Waals surface area contributed by atoms with Crippen molar-refractivity contribution in [2.24, 2.45) is 0 Å². The number of aromatic nitrogens is 1. The highest BCUT2D eigenvalue weighted by Gasteiger charge is 2.36. The molecule has 1 aliphatic rings. The zero-order valence-corrected chi connectivity index (χ0v) is 16.8. The van der Waals surface area contributed by atoms with Gasteiger partial charge in [0.25, 0.3) is 5.91 Å². The van der Waals surface area contributed by atoms with Crippen LogP contribution in [0.25, 0.3) is 10.2 Å². The third-order valence-electron chi connectivity index (χ3n) is 4.54. The zero-order chi connectivity index (χ0) is 20.4. The molecule has 0 saturated heterocycles. The molecule has 0 fully saturated rings. The summed E-state index contributed by atoms with van der Waals surface area (Å²) < 4.78 is 17.7. The van der Waals surface area contributed by atoms with Crippen molar-refractivity contribution in [2.75, 3.05) is 18.1 Å². The van der Waals surface area contributed by atoms with Gasteiger partial charge in [-0.2, -0.15) is 0 Å². The maximum absolute atomic E-state index is 12.7. The predicted molar refractivity (Wildman–Crippen MR) is 110 cm³/mol. The molecular weight excluding hydrogens is 392 g/mol. The lowest BCUT2D eigenvalue weighted by atomic mass is 10.2. The van der Waals surface area contributed by atoms with Crippen LogP contribution in [0.1, 0.15) is 13.8 Å². The van der Waals surface area contributed by atoms with E-state index >= 15 is 0 Å². The van der Waals surface area contributed by atoms with Crippen LogP contribution in [-0.2, 0) is 14.3 Å². The van der Waals surface area contributed by atoms with E-state index < -0.39 is 24.8 Å². The third-order valence-corrected chi connectivity index (χ3v) is 5.60. The van der Waals surface area contributed by atoms with Gasteiger partial charge in [-0.3, -0.25) is 9.69 Å². The van der Waals surface area contributed by atoms with Crippen LogP contribution in [0.5, 0.6) is 11.5 Å². The molecule has 0 aliphatic carbocycles. The predicted octanol–water partition coefficient (Wildman–Crippen LogP) is 3.42. The van der Waals surface area contributed by atoms with Crippen LogP contribution >= 0.6 is 11.3 Å². The number of para-hydroxylation sites is 3. The van der Waals surface area contributed by atoms with Gasteiger partial charge in [0.15, 0.2) is 23.2 Å². The fraction of sp³-hybridized carbons (Fsp3) is 0.286. The molecule has 2 atom stereocenters. The molecule has 29 heavy (non-hydrogen) atoms. The molecule has 2 aromatic carbocycles. The standard InChI is InChI=1S/C21H20N2O5S/c1-3-23(21-22-14-8-4-7-11-17(14)29-21)18(24)12-26-20(25)19-13(2)27-15-9-5-6-10-16(15)28-19/h4-11,13,19H,3,12H2,1-2H3. The monoisotopic (exact) mass is 412 g/mol. The fourth-order valence-electron chi connectivity index (χ4n) is 3.07. The highest BCUT2D eigenvalue weighted by molar-refractivity contribution is 7.22. The van der Waals surface area contributed by atoms with Gasteiger partial charge in [-0.25, -0.2) is 9.78 Å². The van der Waals surface area contributed by atoms with Gasteiger partial charge in [0.2, 0.25) is 6.10 Å². The van der Waals surface area contributed by atoms with Crippen molar-refractivity contribution < 1.29 is 23.8 Å². The summed E-state index contributed by atoms with van der Waals surface area (Å²) in [6, 6.07) is 14.8. The highest BCUT2D eigenvalue weighted by Crippen LogP contribution is 2.34. The molecule has 0 saturated carbocycles. The van der Waals surface area contributed by atoms with Crippen molar-refractivity contribution in [3.05, 3.63) is 48.5 Å². The minimum absolute atomic E-state index is 0.343. The summed E-state index contributed by atoms with van der Waals surface area (Å²) in [6.07, 6.45) is -1.46. The van der Waals surface area contributed by atoms with E-state index in [1.807, 2.05) is 37.3 Å². The van der Waals surface area contributed by atoms with Gasteiger partial charge >= 0.3 is 5.97 Å². The number of likely N-dealkylation sites (N-methyl/N-ethyl adjacent to an activating group) is 1. The maximum atomic E-state index is 12.7. The molecule has 2 unspecified atom stereocenters. The SMILES string of the molecule is CCN(C(=O)COC(=O)C1Oc2ccccc2OC1C)c1nc2ccccc2s1. The number of esters is 1. The third kappa shape index (κ3) is 3.88. The first-order valence-electron chi connectivity index (χ1n) is 9.31. The van der Waals surface area contributed by atoms with E-state index in [0.717, 1.165) is 10.2 Å². The van der Waals surface area contributed by atoms with E-state index in [4.69, 9.17) is 14.2 Å². The Labute approximate surface area is 171 Å². The quantitative estimate of drug-likeness (QED) is 0.598. The summed E-state index contributed by atoms with van der Waals surface area (Å²) in [5.74, 6) is 0.0713. The van der Waals surface area contributed by atoms with Gasteiger partial charge in [0, 0.05) is 6.54 Å². The van der Waals surface area contributed by atoms with Crippen LogP contribution in [0.4, 0.5) is 5.13 Å². The van der Waals surface area contributed by atoms with E-state index in [1.54, 1.807) is 25.1 Å². The number of anilines is 1. The minimum Gasteiger partial charge on any atom is -0.482 e.